The Bertz CT molecular complexity index is 1420. The average Bonchev–Trinajstić information content (AvgIpc) is 3.02. The summed E-state index contributed by atoms with van der Waals surface area (Å²) in [5.41, 5.74) is 2.13. The number of hydrogen-bond acceptors (Lipinski definition) is 6. The standard InChI is InChI=1S/C36H46N4O4/c1-39(2)35(41)43-33-21-15-17-27-29(33)23-25-37-31(27)19-13-11-9-7-5-6-8-10-12-14-20-32-28-18-16-22-34(30(28)24-26-38-32)44-36(42)40(3)4/h15-18,21-26H,5-14,19-20H2,1-4H3. The van der Waals surface area contributed by atoms with Crippen molar-refractivity contribution >= 4 is 33.7 Å². The molecule has 0 aliphatic heterocycles. The Morgan fingerprint density at radius 1 is 0.523 bits per heavy atom. The van der Waals surface area contributed by atoms with Crippen LogP contribution in [0.5, 0.6) is 11.5 Å². The highest BCUT2D eigenvalue weighted by atomic mass is 16.6. The molecule has 4 rings (SSSR count). The van der Waals surface area contributed by atoms with Gasteiger partial charge in [0, 0.05) is 73.5 Å². The fourth-order valence-corrected chi connectivity index (χ4v) is 5.42. The summed E-state index contributed by atoms with van der Waals surface area (Å²) in [4.78, 5) is 36.2. The fourth-order valence-electron chi connectivity index (χ4n) is 5.42. The molecule has 2 heterocycles. The van der Waals surface area contributed by atoms with Crippen LogP contribution in [0.2, 0.25) is 0 Å². The van der Waals surface area contributed by atoms with Gasteiger partial charge >= 0.3 is 12.2 Å². The van der Waals surface area contributed by atoms with E-state index in [1.54, 1.807) is 28.2 Å². The molecule has 2 aromatic carbocycles. The van der Waals surface area contributed by atoms with Crippen LogP contribution >= 0.6 is 0 Å². The second-order valence-corrected chi connectivity index (χ2v) is 11.8. The van der Waals surface area contributed by atoms with E-state index in [9.17, 15) is 9.59 Å². The van der Waals surface area contributed by atoms with Crippen molar-refractivity contribution in [1.29, 1.82) is 0 Å². The smallest absolute Gasteiger partial charge is 0.410 e. The van der Waals surface area contributed by atoms with Gasteiger partial charge in [-0.1, -0.05) is 75.6 Å². The van der Waals surface area contributed by atoms with Gasteiger partial charge in [-0.25, -0.2) is 9.59 Å². The first kappa shape index (κ1) is 32.7. The lowest BCUT2D eigenvalue weighted by Crippen LogP contribution is -2.25. The molecular weight excluding hydrogens is 552 g/mol. The average molecular weight is 599 g/mol. The Hall–Kier alpha value is -4.20. The summed E-state index contributed by atoms with van der Waals surface area (Å²) in [5, 5.41) is 3.97. The molecule has 0 fully saturated rings. The van der Waals surface area contributed by atoms with Crippen LogP contribution in [0.3, 0.4) is 0 Å². The fraction of sp³-hybridized carbons (Fsp3) is 0.444. The molecule has 0 spiro atoms. The number of ether oxygens (including phenoxy) is 2. The lowest BCUT2D eigenvalue weighted by atomic mass is 10.0. The predicted molar refractivity (Wildman–Crippen MR) is 176 cm³/mol. The van der Waals surface area contributed by atoms with E-state index in [1.165, 1.54) is 61.2 Å². The number of unbranched alkanes of at least 4 members (excludes halogenated alkanes) is 9. The van der Waals surface area contributed by atoms with Crippen molar-refractivity contribution in [2.24, 2.45) is 0 Å². The highest BCUT2D eigenvalue weighted by molar-refractivity contribution is 5.92. The van der Waals surface area contributed by atoms with Crippen LogP contribution in [0.4, 0.5) is 9.59 Å². The van der Waals surface area contributed by atoms with Crippen LogP contribution in [0.1, 0.15) is 75.6 Å². The summed E-state index contributed by atoms with van der Waals surface area (Å²) in [6.07, 6.45) is 16.9. The number of rotatable bonds is 15. The third-order valence-electron chi connectivity index (χ3n) is 7.90. The van der Waals surface area contributed by atoms with E-state index in [-0.39, 0.29) is 12.2 Å². The zero-order valence-electron chi connectivity index (χ0n) is 26.7. The summed E-state index contributed by atoms with van der Waals surface area (Å²) >= 11 is 0. The highest BCUT2D eigenvalue weighted by Gasteiger charge is 2.13. The number of nitrogens with zero attached hydrogens (tertiary/aromatic N) is 4. The van der Waals surface area contributed by atoms with Gasteiger partial charge in [-0.3, -0.25) is 9.97 Å². The molecule has 4 aromatic rings. The summed E-state index contributed by atoms with van der Waals surface area (Å²) in [6.45, 7) is 0. The number of pyridine rings is 2. The molecule has 0 aliphatic rings. The minimum atomic E-state index is -0.379. The molecule has 0 aliphatic carbocycles. The molecule has 0 saturated heterocycles. The van der Waals surface area contributed by atoms with Crippen molar-refractivity contribution in [2.75, 3.05) is 28.2 Å². The maximum atomic E-state index is 12.0. The SMILES string of the molecule is CN(C)C(=O)Oc1cccc2c(CCCCCCCCCCCCc3nccc4c(OC(=O)N(C)C)cccc34)nccc12. The van der Waals surface area contributed by atoms with E-state index >= 15 is 0 Å². The maximum Gasteiger partial charge on any atom is 0.414 e. The topological polar surface area (TPSA) is 84.9 Å². The van der Waals surface area contributed by atoms with Gasteiger partial charge in [0.15, 0.2) is 0 Å². The predicted octanol–water partition coefficient (Wildman–Crippen LogP) is 8.59. The van der Waals surface area contributed by atoms with Crippen molar-refractivity contribution in [3.8, 4) is 11.5 Å². The van der Waals surface area contributed by atoms with Crippen molar-refractivity contribution in [3.63, 3.8) is 0 Å². The zero-order chi connectivity index (χ0) is 31.3. The minimum Gasteiger partial charge on any atom is -0.410 e. The van der Waals surface area contributed by atoms with Crippen LogP contribution in [0.25, 0.3) is 21.5 Å². The molecular formula is C36H46N4O4. The molecule has 0 N–H and O–H groups in total. The summed E-state index contributed by atoms with van der Waals surface area (Å²) in [5.74, 6) is 1.15. The molecule has 0 radical (unpaired) electrons. The van der Waals surface area contributed by atoms with Crippen molar-refractivity contribution in [3.05, 3.63) is 72.3 Å². The lowest BCUT2D eigenvalue weighted by molar-refractivity contribution is 0.171. The number of benzene rings is 2. The summed E-state index contributed by atoms with van der Waals surface area (Å²) in [6, 6.07) is 15.5. The van der Waals surface area contributed by atoms with Crippen LogP contribution in [-0.2, 0) is 12.8 Å². The van der Waals surface area contributed by atoms with Gasteiger partial charge in [-0.15, -0.1) is 0 Å². The highest BCUT2D eigenvalue weighted by Crippen LogP contribution is 2.29. The quantitative estimate of drug-likeness (QED) is 0.127. The largest absolute Gasteiger partial charge is 0.414 e. The van der Waals surface area contributed by atoms with Gasteiger partial charge in [0.25, 0.3) is 0 Å². The molecule has 44 heavy (non-hydrogen) atoms. The van der Waals surface area contributed by atoms with Gasteiger partial charge in [0.05, 0.1) is 0 Å². The minimum absolute atomic E-state index is 0.379. The Morgan fingerprint density at radius 3 is 1.25 bits per heavy atom. The van der Waals surface area contributed by atoms with Crippen molar-refractivity contribution in [1.82, 2.24) is 19.8 Å². The Labute approximate surface area is 261 Å². The molecule has 2 aromatic heterocycles. The van der Waals surface area contributed by atoms with Gasteiger partial charge in [-0.2, -0.15) is 0 Å². The number of carbonyl (C=O) groups is 2. The van der Waals surface area contributed by atoms with Gasteiger partial charge < -0.3 is 19.3 Å². The molecule has 0 unspecified atom stereocenters. The maximum absolute atomic E-state index is 12.0. The van der Waals surface area contributed by atoms with E-state index in [0.29, 0.717) is 11.5 Å². The van der Waals surface area contributed by atoms with E-state index in [4.69, 9.17) is 9.47 Å². The van der Waals surface area contributed by atoms with E-state index in [1.807, 2.05) is 48.8 Å². The number of aromatic nitrogens is 2. The van der Waals surface area contributed by atoms with Gasteiger partial charge in [0.2, 0.25) is 0 Å². The number of carbonyl (C=O) groups excluding carboxylic acids is 2. The number of fused-ring (bicyclic) bond motifs is 2. The van der Waals surface area contributed by atoms with Crippen LogP contribution in [0, 0.1) is 0 Å². The van der Waals surface area contributed by atoms with Crippen molar-refractivity contribution < 1.29 is 19.1 Å². The van der Waals surface area contributed by atoms with Gasteiger partial charge in [0.1, 0.15) is 11.5 Å². The summed E-state index contributed by atoms with van der Waals surface area (Å²) in [7, 11) is 6.72. The Kier molecular flexibility index (Phi) is 12.3. The monoisotopic (exact) mass is 598 g/mol. The normalized spacial score (nSPS) is 11.1. The first-order chi connectivity index (χ1) is 21.3. The van der Waals surface area contributed by atoms with E-state index in [2.05, 4.69) is 22.1 Å². The molecule has 8 heteroatoms. The van der Waals surface area contributed by atoms with E-state index < -0.39 is 0 Å². The first-order valence-electron chi connectivity index (χ1n) is 15.9. The molecule has 0 bridgehead atoms. The number of hydrogen-bond donors (Lipinski definition) is 0. The molecule has 0 saturated carbocycles. The van der Waals surface area contributed by atoms with Crippen LogP contribution in [0.15, 0.2) is 60.9 Å². The summed E-state index contributed by atoms with van der Waals surface area (Å²) < 4.78 is 11.1. The number of aryl methyl sites for hydroxylation is 2. The van der Waals surface area contributed by atoms with Crippen LogP contribution < -0.4 is 9.47 Å². The van der Waals surface area contributed by atoms with Crippen LogP contribution in [-0.4, -0.2) is 60.1 Å². The third-order valence-corrected chi connectivity index (χ3v) is 7.90. The molecule has 2 amide bonds. The lowest BCUT2D eigenvalue weighted by Gasteiger charge is -2.13. The van der Waals surface area contributed by atoms with Gasteiger partial charge in [-0.05, 0) is 49.9 Å². The molecule has 8 nitrogen and oxygen atoms in total. The third kappa shape index (κ3) is 9.15. The Morgan fingerprint density at radius 2 is 0.886 bits per heavy atom. The first-order valence-corrected chi connectivity index (χ1v) is 15.9. The van der Waals surface area contributed by atoms with Crippen molar-refractivity contribution in [2.45, 2.75) is 77.0 Å². The second-order valence-electron chi connectivity index (χ2n) is 11.8. The van der Waals surface area contributed by atoms with E-state index in [0.717, 1.165) is 58.6 Å². The number of amides is 2. The molecule has 0 atom stereocenters. The second kappa shape index (κ2) is 16.6. The zero-order valence-corrected chi connectivity index (χ0v) is 26.7. The Balaban J connectivity index is 1.10. The molecule has 234 valence electrons.